The fourth-order valence-electron chi connectivity index (χ4n) is 2.61. The lowest BCUT2D eigenvalue weighted by Gasteiger charge is -2.20. The molecule has 9 heteroatoms. The molecule has 0 radical (unpaired) electrons. The van der Waals surface area contributed by atoms with Crippen molar-refractivity contribution in [1.82, 2.24) is 0 Å². The van der Waals surface area contributed by atoms with Crippen LogP contribution in [0.25, 0.3) is 0 Å². The Morgan fingerprint density at radius 1 is 1.17 bits per heavy atom. The minimum absolute atomic E-state index is 0.115. The van der Waals surface area contributed by atoms with Crippen molar-refractivity contribution in [3.05, 3.63) is 54.1 Å². The van der Waals surface area contributed by atoms with Gasteiger partial charge in [0, 0.05) is 11.2 Å². The summed E-state index contributed by atoms with van der Waals surface area (Å²) in [7, 11) is 0. The molecular weight excluding hydrogens is 380 g/mol. The van der Waals surface area contributed by atoms with E-state index in [2.05, 4.69) is 21.0 Å². The highest BCUT2D eigenvalue weighted by molar-refractivity contribution is 5.89. The highest BCUT2D eigenvalue weighted by Crippen LogP contribution is 2.24. The monoisotopic (exact) mass is 402 g/mol. The van der Waals surface area contributed by atoms with E-state index in [0.29, 0.717) is 17.9 Å². The molecule has 0 saturated carbocycles. The van der Waals surface area contributed by atoms with Gasteiger partial charge in [0.05, 0.1) is 17.9 Å². The molecule has 2 N–H and O–H groups in total. The van der Waals surface area contributed by atoms with Gasteiger partial charge in [0.2, 0.25) is 6.04 Å². The fraction of sp³-hybridized carbons (Fsp3) is 0.300. The average molecular weight is 402 g/mol. The second-order valence-electron chi connectivity index (χ2n) is 7.42. The van der Waals surface area contributed by atoms with Gasteiger partial charge >= 0.3 is 6.09 Å². The summed E-state index contributed by atoms with van der Waals surface area (Å²) in [5, 5.41) is 13.9. The summed E-state index contributed by atoms with van der Waals surface area (Å²) in [5.41, 5.74) is 0.737. The number of hydrogen-bond acceptors (Lipinski definition) is 5. The van der Waals surface area contributed by atoms with Crippen LogP contribution >= 0.6 is 0 Å². The number of carbonyl (C=O) groups excluding carboxylic acids is 1. The van der Waals surface area contributed by atoms with E-state index in [1.54, 1.807) is 45.2 Å². The third-order valence-corrected chi connectivity index (χ3v) is 3.83. The molecule has 2 aromatic rings. The van der Waals surface area contributed by atoms with Crippen LogP contribution in [0.3, 0.4) is 0 Å². The Kier molecular flexibility index (Phi) is 5.86. The molecule has 1 amide bonds. The van der Waals surface area contributed by atoms with Crippen molar-refractivity contribution in [2.24, 2.45) is 10.3 Å². The summed E-state index contributed by atoms with van der Waals surface area (Å²) in [6.45, 7) is 5.71. The number of hydrogen-bond donors (Lipinski definition) is 2. The zero-order valence-corrected chi connectivity index (χ0v) is 16.3. The zero-order chi connectivity index (χ0) is 21.0. The predicted molar refractivity (Wildman–Crippen MR) is 106 cm³/mol. The molecular formula is C20H22F2N5O2+. The topological polar surface area (TPSA) is 78.1 Å². The van der Waals surface area contributed by atoms with Crippen molar-refractivity contribution in [1.29, 1.82) is 0 Å². The average Bonchev–Trinajstić information content (AvgIpc) is 3.08. The second-order valence-corrected chi connectivity index (χ2v) is 7.42. The van der Waals surface area contributed by atoms with Crippen molar-refractivity contribution < 1.29 is 23.0 Å². The van der Waals surface area contributed by atoms with Gasteiger partial charge in [-0.2, -0.15) is 0 Å². The van der Waals surface area contributed by atoms with E-state index in [9.17, 15) is 13.6 Å². The van der Waals surface area contributed by atoms with Gasteiger partial charge in [-0.1, -0.05) is 16.8 Å². The summed E-state index contributed by atoms with van der Waals surface area (Å²) in [6.07, 6.45) is 1.06. The first-order valence-corrected chi connectivity index (χ1v) is 9.04. The summed E-state index contributed by atoms with van der Waals surface area (Å²) in [6, 6.07) is 10.0. The summed E-state index contributed by atoms with van der Waals surface area (Å²) < 4.78 is 33.5. The maximum Gasteiger partial charge on any atom is 0.412 e. The van der Waals surface area contributed by atoms with Crippen molar-refractivity contribution in [2.45, 2.75) is 32.4 Å². The fourth-order valence-corrected chi connectivity index (χ4v) is 2.61. The van der Waals surface area contributed by atoms with Crippen LogP contribution in [0, 0.1) is 11.6 Å². The number of ether oxygens (including phenoxy) is 1. The van der Waals surface area contributed by atoms with Gasteiger partial charge in [0.15, 0.2) is 17.7 Å². The zero-order valence-electron chi connectivity index (χ0n) is 16.3. The standard InChI is InChI=1S/C20H21F2N5O2/c1-20(2,3)29-19(28)24-17-7-5-4-6-16(17)23-11-14-12-27(26-25-14)18-9-8-13(21)10-15(18)22/h4-10,12,14H,11H2,1-3H3,(H-,23,24,25,26,28)/p+1. The molecule has 0 saturated heterocycles. The van der Waals surface area contributed by atoms with Gasteiger partial charge in [-0.25, -0.2) is 13.6 Å². The lowest BCUT2D eigenvalue weighted by molar-refractivity contribution is -0.446. The van der Waals surface area contributed by atoms with Crippen LogP contribution in [0.4, 0.5) is 30.6 Å². The summed E-state index contributed by atoms with van der Waals surface area (Å²) >= 11 is 0. The third-order valence-electron chi connectivity index (χ3n) is 3.83. The first-order valence-electron chi connectivity index (χ1n) is 9.04. The van der Waals surface area contributed by atoms with Crippen LogP contribution in [0.15, 0.2) is 52.8 Å². The highest BCUT2D eigenvalue weighted by Gasteiger charge is 2.25. The Morgan fingerprint density at radius 3 is 2.59 bits per heavy atom. The molecule has 1 atom stereocenters. The van der Waals surface area contributed by atoms with Gasteiger partial charge in [-0.3, -0.25) is 5.32 Å². The minimum Gasteiger partial charge on any atom is -0.444 e. The van der Waals surface area contributed by atoms with Crippen LogP contribution in [-0.2, 0) is 4.74 Å². The Labute approximate surface area is 167 Å². The lowest BCUT2D eigenvalue weighted by Crippen LogP contribution is -2.27. The molecule has 1 aliphatic rings. The molecule has 0 aromatic heterocycles. The lowest BCUT2D eigenvalue weighted by atomic mass is 10.2. The van der Waals surface area contributed by atoms with Crippen LogP contribution < -0.4 is 10.6 Å². The number of rotatable bonds is 5. The van der Waals surface area contributed by atoms with E-state index >= 15 is 0 Å². The van der Waals surface area contributed by atoms with Crippen molar-refractivity contribution in [3.63, 3.8) is 0 Å². The van der Waals surface area contributed by atoms with Gasteiger partial charge in [0.25, 0.3) is 0 Å². The number of benzene rings is 2. The first-order chi connectivity index (χ1) is 13.7. The van der Waals surface area contributed by atoms with E-state index in [-0.39, 0.29) is 11.7 Å². The Hall–Kier alpha value is -3.36. The third kappa shape index (κ3) is 5.56. The number of carbonyl (C=O) groups is 1. The van der Waals surface area contributed by atoms with E-state index in [4.69, 9.17) is 4.74 Å². The van der Waals surface area contributed by atoms with Crippen molar-refractivity contribution in [2.75, 3.05) is 17.2 Å². The van der Waals surface area contributed by atoms with Gasteiger partial charge < -0.3 is 10.1 Å². The quantitative estimate of drug-likeness (QED) is 0.699. The molecule has 1 unspecified atom stereocenters. The predicted octanol–water partition coefficient (Wildman–Crippen LogP) is 4.89. The maximum absolute atomic E-state index is 13.9. The number of nitrogens with zero attached hydrogens (tertiary/aromatic N) is 3. The number of para-hydroxylation sites is 2. The number of amides is 1. The van der Waals surface area contributed by atoms with Crippen molar-refractivity contribution >= 4 is 29.4 Å². The molecule has 7 nitrogen and oxygen atoms in total. The summed E-state index contributed by atoms with van der Waals surface area (Å²) in [4.78, 5) is 12.0. The molecule has 1 heterocycles. The van der Waals surface area contributed by atoms with Crippen LogP contribution in [0.5, 0.6) is 0 Å². The van der Waals surface area contributed by atoms with Crippen LogP contribution in [0.2, 0.25) is 0 Å². The van der Waals surface area contributed by atoms with E-state index < -0.39 is 23.3 Å². The van der Waals surface area contributed by atoms with Crippen LogP contribution in [0.1, 0.15) is 20.8 Å². The van der Waals surface area contributed by atoms with E-state index in [1.165, 1.54) is 10.8 Å². The Morgan fingerprint density at radius 2 is 1.90 bits per heavy atom. The number of halogens is 2. The summed E-state index contributed by atoms with van der Waals surface area (Å²) in [5.74, 6) is -1.38. The highest BCUT2D eigenvalue weighted by atomic mass is 19.1. The molecule has 3 rings (SSSR count). The van der Waals surface area contributed by atoms with Gasteiger partial charge in [0.1, 0.15) is 16.6 Å². The minimum atomic E-state index is -0.722. The molecule has 0 spiro atoms. The molecule has 0 aliphatic carbocycles. The normalized spacial score (nSPS) is 15.8. The number of anilines is 2. The largest absolute Gasteiger partial charge is 0.444 e. The Balaban J connectivity index is 1.64. The molecule has 29 heavy (non-hydrogen) atoms. The van der Waals surface area contributed by atoms with Crippen molar-refractivity contribution in [3.8, 4) is 0 Å². The van der Waals surface area contributed by atoms with E-state index in [0.717, 1.165) is 12.1 Å². The van der Waals surface area contributed by atoms with E-state index in [1.807, 2.05) is 6.07 Å². The molecule has 2 aromatic carbocycles. The first kappa shape index (κ1) is 20.4. The SMILES string of the molecule is CC(C)(C)OC(=O)Nc1ccccc1NCC1C=[N+](c2ccc(F)cc2F)N=N1. The molecule has 152 valence electrons. The molecule has 0 bridgehead atoms. The van der Waals surface area contributed by atoms with Gasteiger partial charge in [-0.15, -0.1) is 0 Å². The maximum atomic E-state index is 13.9. The smallest absolute Gasteiger partial charge is 0.412 e. The second kappa shape index (κ2) is 8.34. The number of nitrogens with one attached hydrogen (secondary N) is 2. The Bertz CT molecular complexity index is 970. The molecule has 0 fully saturated rings. The van der Waals surface area contributed by atoms with Gasteiger partial charge in [-0.05, 0) is 45.0 Å². The van der Waals surface area contributed by atoms with Crippen LogP contribution in [-0.4, -0.2) is 35.2 Å². The molecule has 1 aliphatic heterocycles.